The molecule has 2 aromatic carbocycles. The number of hydrogen-bond donors (Lipinski definition) is 0. The first kappa shape index (κ1) is 15.4. The first-order chi connectivity index (χ1) is 10.9. The lowest BCUT2D eigenvalue weighted by Crippen LogP contribution is -2.11. The van der Waals surface area contributed by atoms with E-state index in [9.17, 15) is 17.6 Å². The molecular weight excluding hydrogens is 308 g/mol. The third-order valence-corrected chi connectivity index (χ3v) is 3.58. The minimum absolute atomic E-state index is 0.0150. The zero-order valence-corrected chi connectivity index (χ0v) is 11.9. The van der Waals surface area contributed by atoms with Crippen molar-refractivity contribution in [3.05, 3.63) is 59.4 Å². The van der Waals surface area contributed by atoms with Crippen molar-refractivity contribution in [2.24, 2.45) is 10.2 Å². The maximum absolute atomic E-state index is 13.4. The van der Waals surface area contributed by atoms with Crippen LogP contribution in [0.5, 0.6) is 0 Å². The molecule has 0 aromatic heterocycles. The molecule has 2 nitrogen and oxygen atoms in total. The highest BCUT2D eigenvalue weighted by Gasteiger charge is 2.34. The third-order valence-electron chi connectivity index (χ3n) is 3.58. The molecule has 0 unspecified atom stereocenters. The van der Waals surface area contributed by atoms with Crippen LogP contribution in [-0.4, -0.2) is 11.9 Å². The van der Waals surface area contributed by atoms with Crippen LogP contribution in [0.3, 0.4) is 0 Å². The molecular formula is C17H12F4N2. The molecule has 0 aliphatic carbocycles. The fourth-order valence-electron chi connectivity index (χ4n) is 2.46. The molecule has 118 valence electrons. The minimum Gasteiger partial charge on any atom is -0.207 e. The van der Waals surface area contributed by atoms with Crippen molar-refractivity contribution in [1.82, 2.24) is 0 Å². The van der Waals surface area contributed by atoms with Gasteiger partial charge in [0.2, 0.25) is 0 Å². The van der Waals surface area contributed by atoms with Crippen LogP contribution in [0.4, 0.5) is 17.6 Å². The highest BCUT2D eigenvalue weighted by molar-refractivity contribution is 6.03. The van der Waals surface area contributed by atoms with Crippen molar-refractivity contribution in [1.29, 1.82) is 0 Å². The standard InChI is InChI=1S/C17H12F4N2/c18-13-6-3-11(4-7-13)14-8-5-12(10-15(14)17(19,20)21)16-2-1-9-22-23-16/h3-10H,1-2H2. The second-order valence-corrected chi connectivity index (χ2v) is 5.15. The van der Waals surface area contributed by atoms with Crippen LogP contribution < -0.4 is 0 Å². The quantitative estimate of drug-likeness (QED) is 0.689. The van der Waals surface area contributed by atoms with E-state index in [4.69, 9.17) is 0 Å². The van der Waals surface area contributed by atoms with Gasteiger partial charge in [0.1, 0.15) is 5.82 Å². The van der Waals surface area contributed by atoms with E-state index in [0.717, 1.165) is 18.2 Å². The molecule has 0 fully saturated rings. The lowest BCUT2D eigenvalue weighted by atomic mass is 9.94. The van der Waals surface area contributed by atoms with Crippen molar-refractivity contribution >= 4 is 11.9 Å². The number of nitrogens with zero attached hydrogens (tertiary/aromatic N) is 2. The van der Waals surface area contributed by atoms with Crippen molar-refractivity contribution in [3.8, 4) is 11.1 Å². The molecule has 0 spiro atoms. The maximum Gasteiger partial charge on any atom is 0.417 e. The van der Waals surface area contributed by atoms with Crippen LogP contribution in [0.1, 0.15) is 24.0 Å². The number of alkyl halides is 3. The van der Waals surface area contributed by atoms with Gasteiger partial charge in [0.15, 0.2) is 0 Å². The van der Waals surface area contributed by atoms with Crippen molar-refractivity contribution < 1.29 is 17.6 Å². The van der Waals surface area contributed by atoms with Gasteiger partial charge in [0, 0.05) is 6.21 Å². The van der Waals surface area contributed by atoms with Gasteiger partial charge in [0.05, 0.1) is 11.3 Å². The van der Waals surface area contributed by atoms with Crippen LogP contribution in [0.25, 0.3) is 11.1 Å². The second-order valence-electron chi connectivity index (χ2n) is 5.15. The summed E-state index contributed by atoms with van der Waals surface area (Å²) in [5.74, 6) is -0.492. The first-order valence-electron chi connectivity index (χ1n) is 7.01. The molecule has 2 aromatic rings. The monoisotopic (exact) mass is 320 g/mol. The Bertz CT molecular complexity index is 774. The fraction of sp³-hybridized carbons (Fsp3) is 0.176. The second kappa shape index (κ2) is 5.95. The molecule has 0 atom stereocenters. The van der Waals surface area contributed by atoms with Crippen LogP contribution in [0, 0.1) is 5.82 Å². The summed E-state index contributed by atoms with van der Waals surface area (Å²) in [7, 11) is 0. The Hall–Kier alpha value is -2.50. The van der Waals surface area contributed by atoms with E-state index in [0.29, 0.717) is 29.7 Å². The molecule has 0 N–H and O–H groups in total. The van der Waals surface area contributed by atoms with E-state index in [1.165, 1.54) is 18.2 Å². The molecule has 0 radical (unpaired) electrons. The average Bonchev–Trinajstić information content (AvgIpc) is 2.55. The summed E-state index contributed by atoms with van der Waals surface area (Å²) in [5, 5.41) is 7.66. The van der Waals surface area contributed by atoms with E-state index >= 15 is 0 Å². The van der Waals surface area contributed by atoms with Gasteiger partial charge in [-0.2, -0.15) is 23.4 Å². The topological polar surface area (TPSA) is 24.7 Å². The predicted octanol–water partition coefficient (Wildman–Crippen LogP) is 5.08. The average molecular weight is 320 g/mol. The number of halogens is 4. The van der Waals surface area contributed by atoms with E-state index in [-0.39, 0.29) is 5.56 Å². The number of benzene rings is 2. The molecule has 6 heteroatoms. The molecule has 3 rings (SSSR count). The van der Waals surface area contributed by atoms with E-state index < -0.39 is 17.6 Å². The van der Waals surface area contributed by atoms with Crippen molar-refractivity contribution in [3.63, 3.8) is 0 Å². The summed E-state index contributed by atoms with van der Waals surface area (Å²) in [6, 6.07) is 9.02. The Kier molecular flexibility index (Phi) is 3.98. The van der Waals surface area contributed by atoms with Gasteiger partial charge in [-0.15, -0.1) is 0 Å². The smallest absolute Gasteiger partial charge is 0.207 e. The van der Waals surface area contributed by atoms with E-state index in [1.54, 1.807) is 12.3 Å². The summed E-state index contributed by atoms with van der Waals surface area (Å²) >= 11 is 0. The summed E-state index contributed by atoms with van der Waals surface area (Å²) in [6.07, 6.45) is -1.68. The Morgan fingerprint density at radius 2 is 1.61 bits per heavy atom. The summed E-state index contributed by atoms with van der Waals surface area (Å²) in [6.45, 7) is 0. The maximum atomic E-state index is 13.4. The highest BCUT2D eigenvalue weighted by Crippen LogP contribution is 2.38. The van der Waals surface area contributed by atoms with Gasteiger partial charge in [0.25, 0.3) is 0 Å². The summed E-state index contributed by atoms with van der Waals surface area (Å²) in [4.78, 5) is 0. The zero-order chi connectivity index (χ0) is 16.4. The Labute approximate surface area is 130 Å². The molecule has 1 heterocycles. The van der Waals surface area contributed by atoms with Gasteiger partial charge < -0.3 is 0 Å². The summed E-state index contributed by atoms with van der Waals surface area (Å²) < 4.78 is 53.2. The lowest BCUT2D eigenvalue weighted by molar-refractivity contribution is -0.137. The van der Waals surface area contributed by atoms with Crippen LogP contribution in [-0.2, 0) is 6.18 Å². The zero-order valence-electron chi connectivity index (χ0n) is 11.9. The third kappa shape index (κ3) is 3.31. The van der Waals surface area contributed by atoms with Gasteiger partial charge >= 0.3 is 6.18 Å². The highest BCUT2D eigenvalue weighted by atomic mass is 19.4. The summed E-state index contributed by atoms with van der Waals surface area (Å²) in [5.41, 5.74) is 0.498. The molecule has 0 bridgehead atoms. The van der Waals surface area contributed by atoms with Crippen LogP contribution >= 0.6 is 0 Å². The Morgan fingerprint density at radius 1 is 0.913 bits per heavy atom. The van der Waals surface area contributed by atoms with Crippen LogP contribution in [0.15, 0.2) is 52.7 Å². The normalized spacial score (nSPS) is 14.7. The minimum atomic E-state index is -4.52. The first-order valence-corrected chi connectivity index (χ1v) is 7.01. The number of hydrogen-bond acceptors (Lipinski definition) is 2. The molecule has 1 aliphatic heterocycles. The SMILES string of the molecule is Fc1ccc(-c2ccc(C3=NN=CCC3)cc2C(F)(F)F)cc1. The molecule has 0 saturated carbocycles. The van der Waals surface area contributed by atoms with Crippen LogP contribution in [0.2, 0.25) is 0 Å². The fourth-order valence-corrected chi connectivity index (χ4v) is 2.46. The molecule has 0 saturated heterocycles. The predicted molar refractivity (Wildman–Crippen MR) is 81.1 cm³/mol. The van der Waals surface area contributed by atoms with Crippen molar-refractivity contribution in [2.75, 3.05) is 0 Å². The Balaban J connectivity index is 2.11. The van der Waals surface area contributed by atoms with Gasteiger partial charge in [-0.3, -0.25) is 0 Å². The van der Waals surface area contributed by atoms with Gasteiger partial charge in [-0.1, -0.05) is 24.3 Å². The lowest BCUT2D eigenvalue weighted by Gasteiger charge is -2.16. The van der Waals surface area contributed by atoms with Gasteiger partial charge in [-0.05, 0) is 47.7 Å². The van der Waals surface area contributed by atoms with E-state index in [2.05, 4.69) is 10.2 Å². The van der Waals surface area contributed by atoms with Crippen molar-refractivity contribution in [2.45, 2.75) is 19.0 Å². The van der Waals surface area contributed by atoms with E-state index in [1.807, 2.05) is 0 Å². The Morgan fingerprint density at radius 3 is 2.22 bits per heavy atom. The van der Waals surface area contributed by atoms with Gasteiger partial charge in [-0.25, -0.2) is 4.39 Å². The molecule has 23 heavy (non-hydrogen) atoms. The molecule has 1 aliphatic rings. The molecule has 0 amide bonds. The largest absolute Gasteiger partial charge is 0.417 e. The number of rotatable bonds is 2.